The van der Waals surface area contributed by atoms with Crippen LogP contribution < -0.4 is 5.32 Å². The third-order valence-electron chi connectivity index (χ3n) is 3.59. The summed E-state index contributed by atoms with van der Waals surface area (Å²) in [6.45, 7) is -0.225. The lowest BCUT2D eigenvalue weighted by Crippen LogP contribution is -2.43. The van der Waals surface area contributed by atoms with E-state index in [-0.39, 0.29) is 28.3 Å². The summed E-state index contributed by atoms with van der Waals surface area (Å²) in [5, 5.41) is 2.64. The zero-order chi connectivity index (χ0) is 17.3. The molecule has 2 aliphatic heterocycles. The maximum absolute atomic E-state index is 12.3. The maximum Gasteiger partial charge on any atom is 0.266 e. The molecule has 0 spiro atoms. The number of hydrogen-bond acceptors (Lipinski definition) is 7. The van der Waals surface area contributed by atoms with Crippen LogP contribution in [0.4, 0.5) is 0 Å². The molecule has 7 nitrogen and oxygen atoms in total. The molecule has 2 fully saturated rings. The van der Waals surface area contributed by atoms with Crippen LogP contribution in [0.5, 0.6) is 0 Å². The number of nitrogens with one attached hydrogen (secondary N) is 1. The van der Waals surface area contributed by atoms with Gasteiger partial charge in [-0.15, -0.1) is 0 Å². The molecule has 3 rings (SSSR count). The van der Waals surface area contributed by atoms with Crippen molar-refractivity contribution >= 4 is 56.0 Å². The summed E-state index contributed by atoms with van der Waals surface area (Å²) >= 11 is 6.25. The van der Waals surface area contributed by atoms with Crippen molar-refractivity contribution in [1.29, 1.82) is 0 Å². The van der Waals surface area contributed by atoms with Gasteiger partial charge in [0.05, 0.1) is 22.7 Å². The number of thiocarbonyl (C=S) groups is 1. The topological polar surface area (TPSA) is 96.7 Å². The highest BCUT2D eigenvalue weighted by molar-refractivity contribution is 8.26. The molecule has 10 heteroatoms. The van der Waals surface area contributed by atoms with E-state index in [4.69, 9.17) is 16.6 Å². The minimum atomic E-state index is -3.07. The molecule has 0 bridgehead atoms. The average Bonchev–Trinajstić information content (AvgIpc) is 3.17. The van der Waals surface area contributed by atoms with E-state index in [2.05, 4.69) is 5.32 Å². The number of carbonyl (C=O) groups is 2. The molecule has 3 heterocycles. The second-order valence-corrected chi connectivity index (χ2v) is 9.36. The fourth-order valence-electron chi connectivity index (χ4n) is 2.46. The standard InChI is InChI=1S/C14H14N2O5S3/c17-12(15-9-3-5-24(19,20)8-9)7-16-13(18)11(23-14(16)22)6-10-2-1-4-21-10/h1-2,4,6,9H,3,5,7-8H2,(H,15,17)/b11-6+/t9-/m0/s1. The number of thioether (sulfide) groups is 1. The highest BCUT2D eigenvalue weighted by atomic mass is 32.2. The van der Waals surface area contributed by atoms with Crippen molar-refractivity contribution in [3.8, 4) is 0 Å². The minimum Gasteiger partial charge on any atom is -0.465 e. The number of carbonyl (C=O) groups excluding carboxylic acids is 2. The van der Waals surface area contributed by atoms with Gasteiger partial charge >= 0.3 is 0 Å². The monoisotopic (exact) mass is 386 g/mol. The molecule has 2 aliphatic rings. The lowest BCUT2D eigenvalue weighted by molar-refractivity contribution is -0.129. The van der Waals surface area contributed by atoms with E-state index in [9.17, 15) is 18.0 Å². The van der Waals surface area contributed by atoms with Crippen molar-refractivity contribution in [1.82, 2.24) is 10.2 Å². The van der Waals surface area contributed by atoms with Crippen LogP contribution in [-0.4, -0.2) is 53.5 Å². The minimum absolute atomic E-state index is 0.0600. The van der Waals surface area contributed by atoms with E-state index < -0.39 is 21.8 Å². The summed E-state index contributed by atoms with van der Waals surface area (Å²) in [7, 11) is -3.07. The van der Waals surface area contributed by atoms with Crippen LogP contribution >= 0.6 is 24.0 Å². The van der Waals surface area contributed by atoms with Gasteiger partial charge in [-0.25, -0.2) is 8.42 Å². The number of hydrogen-bond donors (Lipinski definition) is 1. The molecule has 24 heavy (non-hydrogen) atoms. The zero-order valence-electron chi connectivity index (χ0n) is 12.4. The molecule has 1 N–H and O–H groups in total. The van der Waals surface area contributed by atoms with E-state index in [0.29, 0.717) is 17.1 Å². The molecular weight excluding hydrogens is 372 g/mol. The molecule has 0 aromatic carbocycles. The predicted molar refractivity (Wildman–Crippen MR) is 93.8 cm³/mol. The van der Waals surface area contributed by atoms with Crippen LogP contribution in [-0.2, 0) is 19.4 Å². The number of nitrogens with zero attached hydrogens (tertiary/aromatic N) is 1. The van der Waals surface area contributed by atoms with Crippen molar-refractivity contribution < 1.29 is 22.4 Å². The van der Waals surface area contributed by atoms with Crippen LogP contribution in [0.3, 0.4) is 0 Å². The Morgan fingerprint density at radius 1 is 1.54 bits per heavy atom. The van der Waals surface area contributed by atoms with E-state index in [1.165, 1.54) is 11.2 Å². The second kappa shape index (κ2) is 6.69. The summed E-state index contributed by atoms with van der Waals surface area (Å²) in [4.78, 5) is 26.0. The molecule has 2 amide bonds. The Hall–Kier alpha value is -1.65. The summed E-state index contributed by atoms with van der Waals surface area (Å²) < 4.78 is 28.3. The fourth-order valence-corrected chi connectivity index (χ4v) is 5.37. The lowest BCUT2D eigenvalue weighted by Gasteiger charge is -2.16. The van der Waals surface area contributed by atoms with Gasteiger partial charge in [0.1, 0.15) is 16.6 Å². The zero-order valence-corrected chi connectivity index (χ0v) is 14.9. The Balaban J connectivity index is 1.62. The average molecular weight is 386 g/mol. The van der Waals surface area contributed by atoms with Gasteiger partial charge in [0.15, 0.2) is 9.84 Å². The molecule has 1 atom stereocenters. The molecular formula is C14H14N2O5S3. The summed E-state index contributed by atoms with van der Waals surface area (Å²) in [5.41, 5.74) is 0. The predicted octanol–water partition coefficient (Wildman–Crippen LogP) is 0.784. The second-order valence-electron chi connectivity index (χ2n) is 5.45. The van der Waals surface area contributed by atoms with Gasteiger partial charge in [-0.2, -0.15) is 0 Å². The SMILES string of the molecule is O=C(CN1C(=O)/C(=C\c2ccco2)SC1=S)N[C@H]1CCS(=O)(=O)C1. The van der Waals surface area contributed by atoms with Crippen LogP contribution in [0, 0.1) is 0 Å². The lowest BCUT2D eigenvalue weighted by atomic mass is 10.2. The highest BCUT2D eigenvalue weighted by Gasteiger charge is 2.35. The van der Waals surface area contributed by atoms with Crippen molar-refractivity contribution in [2.24, 2.45) is 0 Å². The number of rotatable bonds is 4. The largest absolute Gasteiger partial charge is 0.465 e. The fraction of sp³-hybridized carbons (Fsp3) is 0.357. The number of amides is 2. The van der Waals surface area contributed by atoms with Crippen molar-refractivity contribution in [2.75, 3.05) is 18.1 Å². The van der Waals surface area contributed by atoms with E-state index in [1.54, 1.807) is 18.2 Å². The van der Waals surface area contributed by atoms with Gasteiger partial charge in [-0.05, 0) is 18.6 Å². The Morgan fingerprint density at radius 3 is 2.96 bits per heavy atom. The van der Waals surface area contributed by atoms with Crippen LogP contribution in [0.1, 0.15) is 12.2 Å². The highest BCUT2D eigenvalue weighted by Crippen LogP contribution is 2.32. The molecule has 0 aliphatic carbocycles. The Kier molecular flexibility index (Phi) is 4.79. The normalized spacial score (nSPS) is 24.8. The van der Waals surface area contributed by atoms with Gasteiger partial charge < -0.3 is 9.73 Å². The van der Waals surface area contributed by atoms with Crippen LogP contribution in [0.15, 0.2) is 27.7 Å². The van der Waals surface area contributed by atoms with Crippen LogP contribution in [0.2, 0.25) is 0 Å². The van der Waals surface area contributed by atoms with Gasteiger partial charge in [0.25, 0.3) is 5.91 Å². The van der Waals surface area contributed by atoms with Crippen molar-refractivity contribution in [3.05, 3.63) is 29.1 Å². The van der Waals surface area contributed by atoms with E-state index >= 15 is 0 Å². The third-order valence-corrected chi connectivity index (χ3v) is 6.74. The molecule has 0 unspecified atom stereocenters. The van der Waals surface area contributed by atoms with Gasteiger partial charge in [0, 0.05) is 12.1 Å². The number of sulfone groups is 1. The molecule has 0 saturated carbocycles. The van der Waals surface area contributed by atoms with Gasteiger partial charge in [-0.1, -0.05) is 24.0 Å². The van der Waals surface area contributed by atoms with Gasteiger partial charge in [-0.3, -0.25) is 14.5 Å². The first-order chi connectivity index (χ1) is 11.3. The first-order valence-electron chi connectivity index (χ1n) is 7.13. The molecule has 128 valence electrons. The summed E-state index contributed by atoms with van der Waals surface area (Å²) in [6, 6.07) is 3.01. The Labute approximate surface area is 148 Å². The van der Waals surface area contributed by atoms with Gasteiger partial charge in [0.2, 0.25) is 5.91 Å². The molecule has 0 radical (unpaired) electrons. The summed E-state index contributed by atoms with van der Waals surface area (Å²) in [6.07, 6.45) is 3.46. The first-order valence-corrected chi connectivity index (χ1v) is 10.2. The third kappa shape index (κ3) is 3.87. The van der Waals surface area contributed by atoms with E-state index in [0.717, 1.165) is 11.8 Å². The quantitative estimate of drug-likeness (QED) is 0.603. The Bertz CT molecular complexity index is 813. The van der Waals surface area contributed by atoms with Crippen molar-refractivity contribution in [2.45, 2.75) is 12.5 Å². The van der Waals surface area contributed by atoms with Crippen LogP contribution in [0.25, 0.3) is 6.08 Å². The molecule has 2 saturated heterocycles. The molecule has 1 aromatic rings. The summed E-state index contributed by atoms with van der Waals surface area (Å²) in [5.74, 6) is -0.250. The smallest absolute Gasteiger partial charge is 0.266 e. The molecule has 1 aromatic heterocycles. The van der Waals surface area contributed by atoms with Crippen molar-refractivity contribution in [3.63, 3.8) is 0 Å². The number of furan rings is 1. The maximum atomic E-state index is 12.3. The first kappa shape index (κ1) is 17.2. The Morgan fingerprint density at radius 2 is 2.33 bits per heavy atom. The van der Waals surface area contributed by atoms with E-state index in [1.807, 2.05) is 0 Å².